The van der Waals surface area contributed by atoms with Gasteiger partial charge in [0.2, 0.25) is 5.91 Å². The van der Waals surface area contributed by atoms with Crippen molar-refractivity contribution < 1.29 is 23.8 Å². The van der Waals surface area contributed by atoms with Crippen molar-refractivity contribution in [2.45, 2.75) is 38.3 Å². The highest BCUT2D eigenvalue weighted by atomic mass is 32.2. The van der Waals surface area contributed by atoms with Crippen LogP contribution in [0.4, 0.5) is 0 Å². The van der Waals surface area contributed by atoms with Gasteiger partial charge < -0.3 is 24.4 Å². The molecule has 1 unspecified atom stereocenters. The third kappa shape index (κ3) is 4.14. The number of thioether (sulfide) groups is 1. The maximum Gasteiger partial charge on any atom is 0.338 e. The third-order valence-corrected chi connectivity index (χ3v) is 6.31. The largest absolute Gasteiger partial charge is 0.497 e. The molecule has 1 aliphatic carbocycles. The summed E-state index contributed by atoms with van der Waals surface area (Å²) < 4.78 is 16.1. The van der Waals surface area contributed by atoms with E-state index in [0.29, 0.717) is 27.9 Å². The van der Waals surface area contributed by atoms with Crippen molar-refractivity contribution in [2.24, 2.45) is 4.99 Å². The van der Waals surface area contributed by atoms with Gasteiger partial charge in [-0.1, -0.05) is 11.8 Å². The smallest absolute Gasteiger partial charge is 0.338 e. The number of nitrogens with zero attached hydrogens (tertiary/aromatic N) is 2. The number of fused-ring (bicyclic) bond motifs is 1. The molecule has 1 aromatic rings. The Labute approximate surface area is 185 Å². The monoisotopic (exact) mass is 443 g/mol. The number of esters is 1. The first-order valence-electron chi connectivity index (χ1n) is 10.0. The van der Waals surface area contributed by atoms with E-state index in [0.717, 1.165) is 24.1 Å². The first-order chi connectivity index (χ1) is 15.0. The van der Waals surface area contributed by atoms with Gasteiger partial charge in [-0.3, -0.25) is 4.79 Å². The van der Waals surface area contributed by atoms with Crippen molar-refractivity contribution in [1.82, 2.24) is 10.2 Å². The maximum absolute atomic E-state index is 12.8. The lowest BCUT2D eigenvalue weighted by atomic mass is 9.93. The van der Waals surface area contributed by atoms with Crippen LogP contribution in [0.25, 0.3) is 0 Å². The highest BCUT2D eigenvalue weighted by molar-refractivity contribution is 8.16. The van der Waals surface area contributed by atoms with Gasteiger partial charge in [-0.2, -0.15) is 0 Å². The number of hydrogen-bond donors (Lipinski definition) is 1. The summed E-state index contributed by atoms with van der Waals surface area (Å²) >= 11 is 1.43. The minimum Gasteiger partial charge on any atom is -0.497 e. The quantitative estimate of drug-likeness (QED) is 0.648. The molecule has 4 rings (SSSR count). The molecule has 0 spiro atoms. The number of carbonyl (C=O) groups is 2. The zero-order valence-electron chi connectivity index (χ0n) is 17.9. The summed E-state index contributed by atoms with van der Waals surface area (Å²) in [6.07, 6.45) is 2.24. The van der Waals surface area contributed by atoms with E-state index >= 15 is 0 Å². The SMILES string of the molecule is COC(=O)C1=C(C)N=C2SC=C(CC(=O)NC3CC3)N2C1c1cc(OC)ccc1OC. The van der Waals surface area contributed by atoms with Gasteiger partial charge in [0.15, 0.2) is 5.17 Å². The summed E-state index contributed by atoms with van der Waals surface area (Å²) in [5.74, 6) is 0.706. The van der Waals surface area contributed by atoms with Crippen LogP contribution in [0.1, 0.15) is 37.8 Å². The van der Waals surface area contributed by atoms with E-state index in [2.05, 4.69) is 10.3 Å². The molecule has 1 atom stereocenters. The van der Waals surface area contributed by atoms with E-state index in [-0.39, 0.29) is 18.4 Å². The van der Waals surface area contributed by atoms with Crippen molar-refractivity contribution in [3.8, 4) is 11.5 Å². The molecule has 2 heterocycles. The van der Waals surface area contributed by atoms with Gasteiger partial charge in [0.1, 0.15) is 11.5 Å². The van der Waals surface area contributed by atoms with Crippen molar-refractivity contribution in [1.29, 1.82) is 0 Å². The molecule has 1 N–H and O–H groups in total. The number of aliphatic imine (C=N–C) groups is 1. The number of amides is 1. The van der Waals surface area contributed by atoms with E-state index in [1.165, 1.54) is 18.9 Å². The first-order valence-corrected chi connectivity index (χ1v) is 10.9. The van der Waals surface area contributed by atoms with Crippen LogP contribution in [0.2, 0.25) is 0 Å². The minimum absolute atomic E-state index is 0.0437. The fourth-order valence-corrected chi connectivity index (χ4v) is 4.72. The highest BCUT2D eigenvalue weighted by Crippen LogP contribution is 2.47. The summed E-state index contributed by atoms with van der Waals surface area (Å²) in [6.45, 7) is 1.79. The number of hydrogen-bond acceptors (Lipinski definition) is 8. The van der Waals surface area contributed by atoms with Crippen molar-refractivity contribution in [3.63, 3.8) is 0 Å². The van der Waals surface area contributed by atoms with Gasteiger partial charge >= 0.3 is 5.97 Å². The average Bonchev–Trinajstić information content (AvgIpc) is 3.50. The molecular formula is C22H25N3O5S. The Balaban J connectivity index is 1.79. The molecule has 0 saturated heterocycles. The van der Waals surface area contributed by atoms with Crippen LogP contribution in [0.3, 0.4) is 0 Å². The summed E-state index contributed by atoms with van der Waals surface area (Å²) in [7, 11) is 4.51. The Morgan fingerprint density at radius 3 is 2.65 bits per heavy atom. The predicted molar refractivity (Wildman–Crippen MR) is 118 cm³/mol. The molecular weight excluding hydrogens is 418 g/mol. The zero-order chi connectivity index (χ0) is 22.1. The Morgan fingerprint density at radius 2 is 2.00 bits per heavy atom. The fourth-order valence-electron chi connectivity index (χ4n) is 3.76. The normalized spacial score (nSPS) is 20.0. The molecule has 2 aliphatic heterocycles. The van der Waals surface area contributed by atoms with Gasteiger partial charge in [0.05, 0.1) is 45.1 Å². The molecule has 9 heteroatoms. The summed E-state index contributed by atoms with van der Waals surface area (Å²) in [5.41, 5.74) is 2.46. The first kappa shape index (κ1) is 21.3. The van der Waals surface area contributed by atoms with Crippen LogP contribution in [-0.2, 0) is 14.3 Å². The average molecular weight is 444 g/mol. The van der Waals surface area contributed by atoms with Crippen molar-refractivity contribution >= 4 is 28.8 Å². The number of amidine groups is 1. The Kier molecular flexibility index (Phi) is 5.95. The number of carbonyl (C=O) groups excluding carboxylic acids is 2. The van der Waals surface area contributed by atoms with Crippen LogP contribution in [0, 0.1) is 0 Å². The van der Waals surface area contributed by atoms with E-state index in [1.54, 1.807) is 33.3 Å². The number of methoxy groups -OCH3 is 3. The summed E-state index contributed by atoms with van der Waals surface area (Å²) in [5, 5.41) is 5.64. The molecule has 8 nitrogen and oxygen atoms in total. The topological polar surface area (TPSA) is 89.5 Å². The van der Waals surface area contributed by atoms with Crippen LogP contribution < -0.4 is 14.8 Å². The minimum atomic E-state index is -0.569. The number of allylic oxidation sites excluding steroid dienone is 1. The Morgan fingerprint density at radius 1 is 1.23 bits per heavy atom. The second kappa shape index (κ2) is 8.66. The van der Waals surface area contributed by atoms with E-state index in [4.69, 9.17) is 14.2 Å². The Bertz CT molecular complexity index is 1010. The van der Waals surface area contributed by atoms with Crippen molar-refractivity contribution in [3.05, 3.63) is 46.1 Å². The molecule has 1 saturated carbocycles. The van der Waals surface area contributed by atoms with Crippen LogP contribution >= 0.6 is 11.8 Å². The molecule has 0 bridgehead atoms. The highest BCUT2D eigenvalue weighted by Gasteiger charge is 2.42. The van der Waals surface area contributed by atoms with E-state index in [1.807, 2.05) is 16.4 Å². The lowest BCUT2D eigenvalue weighted by Gasteiger charge is -2.36. The fraction of sp³-hybridized carbons (Fsp3) is 0.409. The van der Waals surface area contributed by atoms with Crippen LogP contribution in [0.5, 0.6) is 11.5 Å². The second-order valence-electron chi connectivity index (χ2n) is 7.51. The molecule has 1 aromatic carbocycles. The molecule has 31 heavy (non-hydrogen) atoms. The molecule has 3 aliphatic rings. The van der Waals surface area contributed by atoms with Gasteiger partial charge in [-0.25, -0.2) is 9.79 Å². The Hall–Kier alpha value is -2.94. The third-order valence-electron chi connectivity index (χ3n) is 5.42. The zero-order valence-corrected chi connectivity index (χ0v) is 18.7. The molecule has 1 fully saturated rings. The molecule has 0 aromatic heterocycles. The summed E-state index contributed by atoms with van der Waals surface area (Å²) in [4.78, 5) is 31.9. The number of ether oxygens (including phenoxy) is 3. The van der Waals surface area contributed by atoms with Gasteiger partial charge in [0.25, 0.3) is 0 Å². The maximum atomic E-state index is 12.8. The standard InChI is InChI=1S/C22H25N3O5S/c1-12-19(21(27)30-4)20(16-10-15(28-2)7-8-17(16)29-3)25-14(11-31-22(25)23-12)9-18(26)24-13-5-6-13/h7-8,10-11,13,20H,5-6,9H2,1-4H3,(H,24,26). The lowest BCUT2D eigenvalue weighted by Crippen LogP contribution is -2.38. The molecule has 164 valence electrons. The second-order valence-corrected chi connectivity index (χ2v) is 8.35. The number of benzene rings is 1. The molecule has 1 amide bonds. The van der Waals surface area contributed by atoms with Gasteiger partial charge in [-0.15, -0.1) is 0 Å². The number of nitrogens with one attached hydrogen (secondary N) is 1. The van der Waals surface area contributed by atoms with E-state index < -0.39 is 12.0 Å². The van der Waals surface area contributed by atoms with Gasteiger partial charge in [0, 0.05) is 17.3 Å². The van der Waals surface area contributed by atoms with Gasteiger partial charge in [-0.05, 0) is 43.4 Å². The predicted octanol–water partition coefficient (Wildman–Crippen LogP) is 3.12. The summed E-state index contributed by atoms with van der Waals surface area (Å²) in [6, 6.07) is 5.15. The molecule has 0 radical (unpaired) electrons. The van der Waals surface area contributed by atoms with Crippen molar-refractivity contribution in [2.75, 3.05) is 21.3 Å². The number of rotatable bonds is 7. The van der Waals surface area contributed by atoms with Crippen LogP contribution in [0.15, 0.2) is 45.6 Å². The van der Waals surface area contributed by atoms with E-state index in [9.17, 15) is 9.59 Å². The van der Waals surface area contributed by atoms with Crippen LogP contribution in [-0.4, -0.2) is 49.3 Å². The lowest BCUT2D eigenvalue weighted by molar-refractivity contribution is -0.136.